The SMILES string of the molecule is COCCCC1CNc2cc(Cl)cnc2N1. The third kappa shape index (κ3) is 2.77. The summed E-state index contributed by atoms with van der Waals surface area (Å²) in [7, 11) is 1.73. The van der Waals surface area contributed by atoms with Crippen LogP contribution in [-0.4, -0.2) is 31.3 Å². The zero-order valence-corrected chi connectivity index (χ0v) is 10.0. The second-order valence-electron chi connectivity index (χ2n) is 3.91. The Balaban J connectivity index is 1.93. The smallest absolute Gasteiger partial charge is 0.149 e. The average molecular weight is 242 g/mol. The molecule has 1 aromatic rings. The molecule has 0 radical (unpaired) electrons. The number of anilines is 2. The molecule has 16 heavy (non-hydrogen) atoms. The third-order valence-electron chi connectivity index (χ3n) is 2.64. The maximum absolute atomic E-state index is 5.87. The lowest BCUT2D eigenvalue weighted by Crippen LogP contribution is -2.33. The highest BCUT2D eigenvalue weighted by Crippen LogP contribution is 2.27. The van der Waals surface area contributed by atoms with Crippen molar-refractivity contribution in [1.29, 1.82) is 0 Å². The number of aromatic nitrogens is 1. The fourth-order valence-electron chi connectivity index (χ4n) is 1.81. The van der Waals surface area contributed by atoms with E-state index in [0.717, 1.165) is 37.5 Å². The van der Waals surface area contributed by atoms with E-state index in [1.807, 2.05) is 6.07 Å². The number of pyridine rings is 1. The summed E-state index contributed by atoms with van der Waals surface area (Å²) in [6.45, 7) is 1.71. The van der Waals surface area contributed by atoms with Crippen molar-refractivity contribution in [1.82, 2.24) is 4.98 Å². The van der Waals surface area contributed by atoms with Gasteiger partial charge in [0.1, 0.15) is 5.82 Å². The molecule has 5 heteroatoms. The molecule has 2 rings (SSSR count). The summed E-state index contributed by atoms with van der Waals surface area (Å²) in [4.78, 5) is 4.26. The summed E-state index contributed by atoms with van der Waals surface area (Å²) in [5.74, 6) is 0.887. The van der Waals surface area contributed by atoms with Gasteiger partial charge in [-0.3, -0.25) is 0 Å². The third-order valence-corrected chi connectivity index (χ3v) is 2.84. The lowest BCUT2D eigenvalue weighted by atomic mass is 10.1. The van der Waals surface area contributed by atoms with E-state index in [4.69, 9.17) is 16.3 Å². The van der Waals surface area contributed by atoms with Crippen LogP contribution < -0.4 is 10.6 Å². The maximum atomic E-state index is 5.87. The first-order valence-electron chi connectivity index (χ1n) is 5.44. The van der Waals surface area contributed by atoms with Crippen LogP contribution in [0.2, 0.25) is 5.02 Å². The average Bonchev–Trinajstić information content (AvgIpc) is 2.29. The van der Waals surface area contributed by atoms with Crippen molar-refractivity contribution in [2.45, 2.75) is 18.9 Å². The molecule has 0 fully saturated rings. The summed E-state index contributed by atoms with van der Waals surface area (Å²) in [5, 5.41) is 7.38. The predicted octanol–water partition coefficient (Wildman–Crippen LogP) is 2.37. The van der Waals surface area contributed by atoms with Crippen molar-refractivity contribution in [2.24, 2.45) is 0 Å². The largest absolute Gasteiger partial charge is 0.385 e. The topological polar surface area (TPSA) is 46.2 Å². The van der Waals surface area contributed by atoms with Crippen molar-refractivity contribution in [3.8, 4) is 0 Å². The highest BCUT2D eigenvalue weighted by molar-refractivity contribution is 6.30. The van der Waals surface area contributed by atoms with Crippen LogP contribution in [0.25, 0.3) is 0 Å². The Bertz CT molecular complexity index is 359. The molecule has 0 saturated carbocycles. The van der Waals surface area contributed by atoms with Crippen LogP contribution >= 0.6 is 11.6 Å². The molecule has 0 saturated heterocycles. The number of rotatable bonds is 4. The number of hydrogen-bond donors (Lipinski definition) is 2. The van der Waals surface area contributed by atoms with Gasteiger partial charge >= 0.3 is 0 Å². The molecule has 0 amide bonds. The molecular formula is C11H16ClN3O. The van der Waals surface area contributed by atoms with E-state index >= 15 is 0 Å². The molecule has 2 N–H and O–H groups in total. The molecule has 0 aromatic carbocycles. The number of fused-ring (bicyclic) bond motifs is 1. The van der Waals surface area contributed by atoms with Gasteiger partial charge in [-0.15, -0.1) is 0 Å². The van der Waals surface area contributed by atoms with Gasteiger partial charge in [0.2, 0.25) is 0 Å². The van der Waals surface area contributed by atoms with Crippen molar-refractivity contribution >= 4 is 23.1 Å². The van der Waals surface area contributed by atoms with Crippen LogP contribution in [-0.2, 0) is 4.74 Å². The minimum absolute atomic E-state index is 0.413. The van der Waals surface area contributed by atoms with Crippen LogP contribution in [0.5, 0.6) is 0 Å². The number of ether oxygens (including phenoxy) is 1. The van der Waals surface area contributed by atoms with Crippen LogP contribution in [0.4, 0.5) is 11.5 Å². The van der Waals surface area contributed by atoms with E-state index in [1.165, 1.54) is 0 Å². The molecule has 1 unspecified atom stereocenters. The second kappa shape index (κ2) is 5.37. The van der Waals surface area contributed by atoms with E-state index in [1.54, 1.807) is 13.3 Å². The van der Waals surface area contributed by atoms with E-state index in [0.29, 0.717) is 11.1 Å². The number of methoxy groups -OCH3 is 1. The number of hydrogen-bond acceptors (Lipinski definition) is 4. The number of halogens is 1. The lowest BCUT2D eigenvalue weighted by Gasteiger charge is -2.27. The fourth-order valence-corrected chi connectivity index (χ4v) is 1.97. The Morgan fingerprint density at radius 2 is 2.50 bits per heavy atom. The first-order valence-corrected chi connectivity index (χ1v) is 5.82. The maximum Gasteiger partial charge on any atom is 0.149 e. The summed E-state index contributed by atoms with van der Waals surface area (Å²) in [6, 6.07) is 2.30. The molecular weight excluding hydrogens is 226 g/mol. The first-order chi connectivity index (χ1) is 7.79. The fraction of sp³-hybridized carbons (Fsp3) is 0.545. The summed E-state index contributed by atoms with van der Waals surface area (Å²) < 4.78 is 5.04. The number of nitrogens with zero attached hydrogens (tertiary/aromatic N) is 1. The van der Waals surface area contributed by atoms with Crippen LogP contribution in [0, 0.1) is 0 Å². The van der Waals surface area contributed by atoms with Gasteiger partial charge in [0.15, 0.2) is 0 Å². The highest BCUT2D eigenvalue weighted by Gasteiger charge is 2.17. The van der Waals surface area contributed by atoms with E-state index in [2.05, 4.69) is 15.6 Å². The Kier molecular flexibility index (Phi) is 3.85. The highest BCUT2D eigenvalue weighted by atomic mass is 35.5. The van der Waals surface area contributed by atoms with E-state index in [9.17, 15) is 0 Å². The standard InChI is InChI=1S/C11H16ClN3O/c1-16-4-2-3-9-7-13-10-5-8(12)6-14-11(10)15-9/h5-6,9,13H,2-4,7H2,1H3,(H,14,15). The van der Waals surface area contributed by atoms with Crippen molar-refractivity contribution in [2.75, 3.05) is 30.9 Å². The minimum atomic E-state index is 0.413. The zero-order valence-electron chi connectivity index (χ0n) is 9.29. The van der Waals surface area contributed by atoms with Crippen LogP contribution in [0.15, 0.2) is 12.3 Å². The van der Waals surface area contributed by atoms with Gasteiger partial charge < -0.3 is 15.4 Å². The molecule has 88 valence electrons. The summed E-state index contributed by atoms with van der Waals surface area (Å²) in [5.41, 5.74) is 0.982. The monoisotopic (exact) mass is 241 g/mol. The minimum Gasteiger partial charge on any atom is -0.385 e. The Morgan fingerprint density at radius 3 is 3.31 bits per heavy atom. The van der Waals surface area contributed by atoms with Gasteiger partial charge in [-0.05, 0) is 18.9 Å². The Hall–Kier alpha value is -1.00. The zero-order chi connectivity index (χ0) is 11.4. The molecule has 0 spiro atoms. The molecule has 4 nitrogen and oxygen atoms in total. The molecule has 1 aliphatic heterocycles. The number of nitrogens with one attached hydrogen (secondary N) is 2. The normalized spacial score (nSPS) is 18.5. The molecule has 0 bridgehead atoms. The van der Waals surface area contributed by atoms with Crippen molar-refractivity contribution in [3.63, 3.8) is 0 Å². The summed E-state index contributed by atoms with van der Waals surface area (Å²) >= 11 is 5.87. The van der Waals surface area contributed by atoms with Crippen molar-refractivity contribution < 1.29 is 4.74 Å². The van der Waals surface area contributed by atoms with E-state index < -0.39 is 0 Å². The van der Waals surface area contributed by atoms with Crippen LogP contribution in [0.1, 0.15) is 12.8 Å². The first kappa shape index (κ1) is 11.5. The van der Waals surface area contributed by atoms with Gasteiger partial charge in [-0.1, -0.05) is 11.6 Å². The Morgan fingerprint density at radius 1 is 1.62 bits per heavy atom. The lowest BCUT2D eigenvalue weighted by molar-refractivity contribution is 0.191. The van der Waals surface area contributed by atoms with Gasteiger partial charge in [0.05, 0.1) is 10.7 Å². The van der Waals surface area contributed by atoms with Crippen molar-refractivity contribution in [3.05, 3.63) is 17.3 Å². The second-order valence-corrected chi connectivity index (χ2v) is 4.34. The van der Waals surface area contributed by atoms with Gasteiger partial charge in [-0.25, -0.2) is 4.98 Å². The van der Waals surface area contributed by atoms with Gasteiger partial charge in [0, 0.05) is 32.5 Å². The summed E-state index contributed by atoms with van der Waals surface area (Å²) in [6.07, 6.45) is 3.79. The molecule has 2 heterocycles. The van der Waals surface area contributed by atoms with Gasteiger partial charge in [0.25, 0.3) is 0 Å². The molecule has 1 atom stereocenters. The molecule has 1 aromatic heterocycles. The quantitative estimate of drug-likeness (QED) is 0.795. The van der Waals surface area contributed by atoms with Crippen LogP contribution in [0.3, 0.4) is 0 Å². The van der Waals surface area contributed by atoms with Gasteiger partial charge in [-0.2, -0.15) is 0 Å². The van der Waals surface area contributed by atoms with E-state index in [-0.39, 0.29) is 0 Å². The molecule has 0 aliphatic carbocycles. The Labute approximate surface area is 100 Å². The predicted molar refractivity (Wildman–Crippen MR) is 66.3 cm³/mol. The molecule has 1 aliphatic rings.